The van der Waals surface area contributed by atoms with Crippen LogP contribution < -0.4 is 16.4 Å². The number of hydrogen-bond donors (Lipinski definition) is 5. The molecular weight excluding hydrogens is 510 g/mol. The van der Waals surface area contributed by atoms with Crippen molar-refractivity contribution in [2.24, 2.45) is 17.6 Å². The highest BCUT2D eigenvalue weighted by Gasteiger charge is 2.40. The average Bonchev–Trinajstić information content (AvgIpc) is 3.59. The summed E-state index contributed by atoms with van der Waals surface area (Å²) in [6.45, 7) is 3.60. The maximum absolute atomic E-state index is 13.1. The normalized spacial score (nSPS) is 21.9. The fourth-order valence-electron chi connectivity index (χ4n) is 4.77. The Hall–Kier alpha value is -3.71. The number of alkyl carbamates (subject to hydrolysis) is 1. The Labute approximate surface area is 226 Å². The van der Waals surface area contributed by atoms with Gasteiger partial charge in [-0.15, -0.1) is 0 Å². The van der Waals surface area contributed by atoms with Gasteiger partial charge in [0.2, 0.25) is 23.6 Å². The molecular formula is C26H37N5O8. The SMILES string of the molecule is C[C@@H](O)[C@H](NC(=O)[C@H]1CCN(C(=O)[C@@H]2CCN(C(=O)[C@@H](NC(=O)OCc3ccccc3)[C@@H](C)O)C2)C1)C(N)=O. The van der Waals surface area contributed by atoms with Crippen LogP contribution in [0.5, 0.6) is 0 Å². The first kappa shape index (κ1) is 29.8. The third-order valence-electron chi connectivity index (χ3n) is 7.04. The number of nitrogens with one attached hydrogen (secondary N) is 2. The van der Waals surface area contributed by atoms with Crippen LogP contribution in [0.1, 0.15) is 32.3 Å². The maximum Gasteiger partial charge on any atom is 0.408 e. The number of ether oxygens (including phenoxy) is 1. The summed E-state index contributed by atoms with van der Waals surface area (Å²) in [4.78, 5) is 65.5. The van der Waals surface area contributed by atoms with E-state index < -0.39 is 59.9 Å². The molecule has 2 fully saturated rings. The molecule has 0 spiro atoms. The summed E-state index contributed by atoms with van der Waals surface area (Å²) < 4.78 is 5.16. The van der Waals surface area contributed by atoms with Gasteiger partial charge in [-0.1, -0.05) is 30.3 Å². The molecule has 0 aromatic heterocycles. The Morgan fingerprint density at radius 2 is 1.51 bits per heavy atom. The lowest BCUT2D eigenvalue weighted by atomic mass is 10.1. The molecule has 0 bridgehead atoms. The highest BCUT2D eigenvalue weighted by Crippen LogP contribution is 2.24. The van der Waals surface area contributed by atoms with E-state index in [1.54, 1.807) is 29.2 Å². The van der Waals surface area contributed by atoms with E-state index in [4.69, 9.17) is 10.5 Å². The Morgan fingerprint density at radius 1 is 0.923 bits per heavy atom. The molecule has 13 nitrogen and oxygen atoms in total. The van der Waals surface area contributed by atoms with Gasteiger partial charge in [-0.05, 0) is 32.3 Å². The minimum atomic E-state index is -1.24. The molecule has 0 radical (unpaired) electrons. The number of likely N-dealkylation sites (tertiary alicyclic amines) is 2. The van der Waals surface area contributed by atoms with Crippen LogP contribution in [0.2, 0.25) is 0 Å². The zero-order valence-corrected chi connectivity index (χ0v) is 22.1. The van der Waals surface area contributed by atoms with Crippen LogP contribution in [0.4, 0.5) is 4.79 Å². The highest BCUT2D eigenvalue weighted by molar-refractivity contribution is 5.90. The van der Waals surface area contributed by atoms with E-state index in [1.165, 1.54) is 18.7 Å². The van der Waals surface area contributed by atoms with E-state index in [0.717, 1.165) is 5.56 Å². The number of nitrogens with two attached hydrogens (primary N) is 1. The molecule has 5 amide bonds. The second-order valence-corrected chi connectivity index (χ2v) is 10.1. The number of rotatable bonds is 10. The number of carbonyl (C=O) groups is 5. The first-order valence-corrected chi connectivity index (χ1v) is 13.0. The summed E-state index contributed by atoms with van der Waals surface area (Å²) in [6, 6.07) is 6.55. The average molecular weight is 548 g/mol. The number of nitrogens with zero attached hydrogens (tertiary/aromatic N) is 2. The fourth-order valence-corrected chi connectivity index (χ4v) is 4.77. The van der Waals surface area contributed by atoms with Crippen molar-refractivity contribution in [3.8, 4) is 0 Å². The standard InChI is InChI=1S/C26H37N5O8/c1-15(32)20(22(27)34)28-23(35)18-8-10-30(12-18)24(36)19-9-11-31(13-19)25(37)21(16(2)33)29-26(38)39-14-17-6-4-3-5-7-17/h3-7,15-16,18-21,32-33H,8-14H2,1-2H3,(H2,27,34)(H,28,35)(H,29,38)/t15-,16-,18+,19-,20+,21+/m1/s1. The molecule has 6 atom stereocenters. The predicted molar refractivity (Wildman–Crippen MR) is 137 cm³/mol. The van der Waals surface area contributed by atoms with Crippen molar-refractivity contribution < 1.29 is 38.9 Å². The summed E-state index contributed by atoms with van der Waals surface area (Å²) >= 11 is 0. The number of aliphatic hydroxyl groups is 2. The zero-order valence-electron chi connectivity index (χ0n) is 22.1. The molecule has 0 unspecified atom stereocenters. The molecule has 214 valence electrons. The summed E-state index contributed by atoms with van der Waals surface area (Å²) in [7, 11) is 0. The molecule has 6 N–H and O–H groups in total. The minimum Gasteiger partial charge on any atom is -0.445 e. The molecule has 0 aliphatic carbocycles. The van der Waals surface area contributed by atoms with E-state index in [0.29, 0.717) is 19.4 Å². The van der Waals surface area contributed by atoms with Crippen LogP contribution in [0.3, 0.4) is 0 Å². The van der Waals surface area contributed by atoms with Crippen LogP contribution in [0, 0.1) is 11.8 Å². The summed E-state index contributed by atoms with van der Waals surface area (Å²) in [5.74, 6) is -3.10. The van der Waals surface area contributed by atoms with E-state index in [-0.39, 0.29) is 32.1 Å². The first-order chi connectivity index (χ1) is 18.5. The number of benzene rings is 1. The van der Waals surface area contributed by atoms with Crippen molar-refractivity contribution in [2.75, 3.05) is 26.2 Å². The number of amides is 5. The van der Waals surface area contributed by atoms with Crippen molar-refractivity contribution in [3.63, 3.8) is 0 Å². The topological polar surface area (TPSA) is 192 Å². The van der Waals surface area contributed by atoms with Crippen molar-refractivity contribution in [2.45, 2.75) is 57.6 Å². The monoisotopic (exact) mass is 547 g/mol. The number of carbonyl (C=O) groups excluding carboxylic acids is 5. The molecule has 0 saturated carbocycles. The molecule has 1 aromatic rings. The molecule has 2 aliphatic heterocycles. The van der Waals surface area contributed by atoms with Crippen molar-refractivity contribution in [3.05, 3.63) is 35.9 Å². The van der Waals surface area contributed by atoms with Gasteiger partial charge >= 0.3 is 6.09 Å². The van der Waals surface area contributed by atoms with Gasteiger partial charge in [0.1, 0.15) is 18.7 Å². The molecule has 39 heavy (non-hydrogen) atoms. The van der Waals surface area contributed by atoms with Gasteiger partial charge in [0, 0.05) is 26.2 Å². The Kier molecular flexibility index (Phi) is 10.2. The third kappa shape index (κ3) is 7.90. The largest absolute Gasteiger partial charge is 0.445 e. The van der Waals surface area contributed by atoms with Gasteiger partial charge in [0.05, 0.1) is 24.0 Å². The van der Waals surface area contributed by atoms with E-state index in [9.17, 15) is 34.2 Å². The van der Waals surface area contributed by atoms with Crippen LogP contribution in [-0.2, 0) is 30.5 Å². The summed E-state index contributed by atoms with van der Waals surface area (Å²) in [5.41, 5.74) is 6.00. The van der Waals surface area contributed by atoms with Gasteiger partial charge in [0.15, 0.2) is 0 Å². The Balaban J connectivity index is 1.50. The van der Waals surface area contributed by atoms with Crippen LogP contribution in [-0.4, -0.2) is 100 Å². The Bertz CT molecular complexity index is 1050. The second kappa shape index (κ2) is 13.4. The van der Waals surface area contributed by atoms with Gasteiger partial charge < -0.3 is 41.1 Å². The lowest BCUT2D eigenvalue weighted by Gasteiger charge is -2.26. The van der Waals surface area contributed by atoms with E-state index in [2.05, 4.69) is 10.6 Å². The fraction of sp³-hybridized carbons (Fsp3) is 0.577. The maximum atomic E-state index is 13.1. The second-order valence-electron chi connectivity index (χ2n) is 10.1. The van der Waals surface area contributed by atoms with Gasteiger partial charge in [0.25, 0.3) is 0 Å². The molecule has 3 rings (SSSR count). The van der Waals surface area contributed by atoms with Crippen molar-refractivity contribution >= 4 is 29.7 Å². The third-order valence-corrected chi connectivity index (χ3v) is 7.04. The number of primary amides is 1. The molecule has 13 heteroatoms. The quantitative estimate of drug-likeness (QED) is 0.239. The molecule has 2 heterocycles. The molecule has 2 saturated heterocycles. The number of hydrogen-bond acceptors (Lipinski definition) is 8. The first-order valence-electron chi connectivity index (χ1n) is 13.0. The van der Waals surface area contributed by atoms with Gasteiger partial charge in [-0.25, -0.2) is 4.79 Å². The molecule has 1 aromatic carbocycles. The van der Waals surface area contributed by atoms with Gasteiger partial charge in [-0.2, -0.15) is 0 Å². The smallest absolute Gasteiger partial charge is 0.408 e. The van der Waals surface area contributed by atoms with Crippen molar-refractivity contribution in [1.29, 1.82) is 0 Å². The zero-order chi connectivity index (χ0) is 28.7. The predicted octanol–water partition coefficient (Wildman–Crippen LogP) is -1.29. The van der Waals surface area contributed by atoms with Crippen molar-refractivity contribution in [1.82, 2.24) is 20.4 Å². The lowest BCUT2D eigenvalue weighted by molar-refractivity contribution is -0.137. The Morgan fingerprint density at radius 3 is 2.13 bits per heavy atom. The van der Waals surface area contributed by atoms with E-state index >= 15 is 0 Å². The van der Waals surface area contributed by atoms with Crippen LogP contribution in [0.25, 0.3) is 0 Å². The van der Waals surface area contributed by atoms with Crippen LogP contribution >= 0.6 is 0 Å². The minimum absolute atomic E-state index is 0.00471. The highest BCUT2D eigenvalue weighted by atomic mass is 16.5. The van der Waals surface area contributed by atoms with Crippen LogP contribution in [0.15, 0.2) is 30.3 Å². The molecule has 2 aliphatic rings. The lowest BCUT2D eigenvalue weighted by Crippen LogP contribution is -2.53. The summed E-state index contributed by atoms with van der Waals surface area (Å²) in [6.07, 6.45) is -2.41. The van der Waals surface area contributed by atoms with E-state index in [1.807, 2.05) is 6.07 Å². The van der Waals surface area contributed by atoms with Gasteiger partial charge in [-0.3, -0.25) is 19.2 Å². The summed E-state index contributed by atoms with van der Waals surface area (Å²) in [5, 5.41) is 24.7. The number of aliphatic hydroxyl groups excluding tert-OH is 2.